The van der Waals surface area contributed by atoms with Crippen LogP contribution in [-0.2, 0) is 13.0 Å². The molecule has 140 valence electrons. The summed E-state index contributed by atoms with van der Waals surface area (Å²) in [5.41, 5.74) is 2.38. The molecule has 1 aromatic carbocycles. The van der Waals surface area contributed by atoms with Gasteiger partial charge >= 0.3 is 0 Å². The fraction of sp³-hybridized carbons (Fsp3) is 0.150. The van der Waals surface area contributed by atoms with Crippen molar-refractivity contribution in [2.24, 2.45) is 0 Å². The lowest BCUT2D eigenvalue weighted by molar-refractivity contribution is 0.558. The fourth-order valence-electron chi connectivity index (χ4n) is 2.78. The second-order valence-electron chi connectivity index (χ2n) is 6.01. The third kappa shape index (κ3) is 3.77. The summed E-state index contributed by atoms with van der Waals surface area (Å²) in [6, 6.07) is 13.8. The molecule has 4 rings (SSSR count). The number of hydrogen-bond donors (Lipinski definition) is 0. The van der Waals surface area contributed by atoms with Gasteiger partial charge in [0.15, 0.2) is 16.8 Å². The maximum atomic E-state index is 14.6. The fourth-order valence-corrected chi connectivity index (χ4v) is 3.60. The minimum atomic E-state index is -0.408. The van der Waals surface area contributed by atoms with Gasteiger partial charge in [0.1, 0.15) is 11.4 Å². The first-order valence-corrected chi connectivity index (χ1v) is 9.62. The lowest BCUT2D eigenvalue weighted by Gasteiger charge is -2.11. The zero-order chi connectivity index (χ0) is 19.3. The molecule has 0 radical (unpaired) electrons. The van der Waals surface area contributed by atoms with Crippen LogP contribution in [0.25, 0.3) is 11.4 Å². The molecule has 0 atom stereocenters. The monoisotopic (exact) mass is 392 g/mol. The summed E-state index contributed by atoms with van der Waals surface area (Å²) in [4.78, 5) is 12.2. The Hall–Kier alpha value is -3.13. The highest BCUT2D eigenvalue weighted by Gasteiger charge is 2.19. The van der Waals surface area contributed by atoms with Crippen molar-refractivity contribution in [3.8, 4) is 11.4 Å². The molecular weight excluding hydrogens is 375 g/mol. The van der Waals surface area contributed by atoms with Gasteiger partial charge in [-0.15, -0.1) is 10.2 Å². The molecule has 0 aliphatic carbocycles. The van der Waals surface area contributed by atoms with Crippen molar-refractivity contribution in [2.45, 2.75) is 30.1 Å². The summed E-state index contributed by atoms with van der Waals surface area (Å²) in [5.74, 6) is 0.286. The number of rotatable bonds is 6. The Morgan fingerprint density at radius 3 is 2.54 bits per heavy atom. The molecule has 0 amide bonds. The van der Waals surface area contributed by atoms with E-state index < -0.39 is 5.82 Å². The van der Waals surface area contributed by atoms with Gasteiger partial charge in [-0.1, -0.05) is 37.3 Å². The smallest absolute Gasteiger partial charge is 0.198 e. The predicted octanol–water partition coefficient (Wildman–Crippen LogP) is 4.03. The van der Waals surface area contributed by atoms with Crippen molar-refractivity contribution >= 4 is 11.8 Å². The molecule has 0 N–H and O–H groups in total. The number of halogens is 1. The average Bonchev–Trinajstić information content (AvgIpc) is 3.13. The van der Waals surface area contributed by atoms with Gasteiger partial charge in [-0.25, -0.2) is 14.4 Å². The maximum absolute atomic E-state index is 14.6. The zero-order valence-electron chi connectivity index (χ0n) is 15.2. The van der Waals surface area contributed by atoms with Crippen LogP contribution >= 0.6 is 11.8 Å². The number of benzene rings is 1. The number of aromatic nitrogens is 6. The molecule has 0 fully saturated rings. The van der Waals surface area contributed by atoms with Crippen LogP contribution in [0, 0.1) is 5.82 Å². The van der Waals surface area contributed by atoms with E-state index in [1.165, 1.54) is 6.33 Å². The van der Waals surface area contributed by atoms with Crippen molar-refractivity contribution in [3.05, 3.63) is 78.3 Å². The van der Waals surface area contributed by atoms with Gasteiger partial charge in [0, 0.05) is 18.0 Å². The Balaban J connectivity index is 1.76. The molecule has 3 aromatic heterocycles. The van der Waals surface area contributed by atoms with Gasteiger partial charge < -0.3 is 0 Å². The Kier molecular flexibility index (Phi) is 5.38. The van der Waals surface area contributed by atoms with Crippen LogP contribution in [-0.4, -0.2) is 29.7 Å². The summed E-state index contributed by atoms with van der Waals surface area (Å²) in [6.07, 6.45) is 5.30. The van der Waals surface area contributed by atoms with Crippen LogP contribution < -0.4 is 0 Å². The molecule has 4 aromatic rings. The van der Waals surface area contributed by atoms with Crippen LogP contribution in [0.15, 0.2) is 71.4 Å². The van der Waals surface area contributed by atoms with Crippen LogP contribution in [0.3, 0.4) is 0 Å². The third-order valence-electron chi connectivity index (χ3n) is 4.19. The minimum Gasteiger partial charge on any atom is -0.297 e. The minimum absolute atomic E-state index is 0.245. The lowest BCUT2D eigenvalue weighted by Crippen LogP contribution is -2.05. The first-order chi connectivity index (χ1) is 13.8. The van der Waals surface area contributed by atoms with E-state index in [0.29, 0.717) is 29.6 Å². The molecule has 6 nitrogen and oxygen atoms in total. The van der Waals surface area contributed by atoms with Crippen LogP contribution in [0.2, 0.25) is 0 Å². The summed E-state index contributed by atoms with van der Waals surface area (Å²) >= 11 is 1.15. The molecule has 3 heterocycles. The Labute approximate surface area is 165 Å². The summed E-state index contributed by atoms with van der Waals surface area (Å²) in [7, 11) is 0. The summed E-state index contributed by atoms with van der Waals surface area (Å²) in [6.45, 7) is 2.42. The molecule has 28 heavy (non-hydrogen) atoms. The molecule has 0 aliphatic rings. The Morgan fingerprint density at radius 1 is 1.00 bits per heavy atom. The molecule has 0 aliphatic heterocycles. The van der Waals surface area contributed by atoms with Crippen LogP contribution in [0.1, 0.15) is 18.2 Å². The molecular formula is C20H17FN6S. The SMILES string of the molecule is CCc1ncnc(Sc2nnc(-c3ccncc3)n2Cc2ccccc2)c1F. The molecule has 8 heteroatoms. The predicted molar refractivity (Wildman–Crippen MR) is 104 cm³/mol. The lowest BCUT2D eigenvalue weighted by atomic mass is 10.2. The Morgan fingerprint density at radius 2 is 1.79 bits per heavy atom. The van der Waals surface area contributed by atoms with Gasteiger partial charge in [-0.2, -0.15) is 0 Å². The summed E-state index contributed by atoms with van der Waals surface area (Å²) in [5, 5.41) is 9.47. The number of hydrogen-bond acceptors (Lipinski definition) is 6. The molecule has 0 bridgehead atoms. The van der Waals surface area contributed by atoms with Crippen molar-refractivity contribution in [2.75, 3.05) is 0 Å². The van der Waals surface area contributed by atoms with Crippen LogP contribution in [0.4, 0.5) is 4.39 Å². The average molecular weight is 392 g/mol. The van der Waals surface area contributed by atoms with Crippen LogP contribution in [0.5, 0.6) is 0 Å². The second-order valence-corrected chi connectivity index (χ2v) is 6.96. The van der Waals surface area contributed by atoms with Gasteiger partial charge in [0.25, 0.3) is 0 Å². The third-order valence-corrected chi connectivity index (χ3v) is 5.15. The molecule has 0 saturated heterocycles. The van der Waals surface area contributed by atoms with Gasteiger partial charge in [-0.05, 0) is 35.9 Å². The van der Waals surface area contributed by atoms with E-state index >= 15 is 0 Å². The van der Waals surface area contributed by atoms with Crippen molar-refractivity contribution in [3.63, 3.8) is 0 Å². The van der Waals surface area contributed by atoms with Gasteiger partial charge in [0.05, 0.1) is 12.2 Å². The van der Waals surface area contributed by atoms with Crippen molar-refractivity contribution in [1.82, 2.24) is 29.7 Å². The van der Waals surface area contributed by atoms with E-state index in [9.17, 15) is 4.39 Å². The van der Waals surface area contributed by atoms with Crippen molar-refractivity contribution in [1.29, 1.82) is 0 Å². The molecule has 0 spiro atoms. The van der Waals surface area contributed by atoms with E-state index in [2.05, 4.69) is 25.1 Å². The quantitative estimate of drug-likeness (QED) is 0.462. The van der Waals surface area contributed by atoms with Gasteiger partial charge in [0.2, 0.25) is 0 Å². The molecule has 0 saturated carbocycles. The van der Waals surface area contributed by atoms with Crippen molar-refractivity contribution < 1.29 is 4.39 Å². The standard InChI is InChI=1S/C20H17FN6S/c1-2-16-17(21)19(24-13-23-16)28-20-26-25-18(15-8-10-22-11-9-15)27(20)12-14-6-4-3-5-7-14/h3-11,13H,2,12H2,1H3. The van der Waals surface area contributed by atoms with E-state index in [1.54, 1.807) is 12.4 Å². The van der Waals surface area contributed by atoms with E-state index in [0.717, 1.165) is 22.9 Å². The highest BCUT2D eigenvalue weighted by Crippen LogP contribution is 2.31. The van der Waals surface area contributed by atoms with E-state index in [4.69, 9.17) is 0 Å². The molecule has 0 unspecified atom stereocenters. The first kappa shape index (κ1) is 18.2. The Bertz CT molecular complexity index is 1070. The number of nitrogens with zero attached hydrogens (tertiary/aromatic N) is 6. The maximum Gasteiger partial charge on any atom is 0.198 e. The van der Waals surface area contributed by atoms with Gasteiger partial charge in [-0.3, -0.25) is 9.55 Å². The highest BCUT2D eigenvalue weighted by molar-refractivity contribution is 7.99. The second kappa shape index (κ2) is 8.26. The number of pyridine rings is 1. The largest absolute Gasteiger partial charge is 0.297 e. The van der Waals surface area contributed by atoms with E-state index in [1.807, 2.05) is 54.0 Å². The summed E-state index contributed by atoms with van der Waals surface area (Å²) < 4.78 is 16.6. The van der Waals surface area contributed by atoms with E-state index in [-0.39, 0.29) is 5.03 Å². The normalized spacial score (nSPS) is 10.9. The number of aryl methyl sites for hydroxylation is 1. The topological polar surface area (TPSA) is 69.4 Å². The first-order valence-electron chi connectivity index (χ1n) is 8.81. The highest BCUT2D eigenvalue weighted by atomic mass is 32.2. The zero-order valence-corrected chi connectivity index (χ0v) is 16.0.